The molecule has 4 aromatic carbocycles. The van der Waals surface area contributed by atoms with Crippen LogP contribution in [0.5, 0.6) is 0 Å². The van der Waals surface area contributed by atoms with Gasteiger partial charge in [-0.2, -0.15) is 0 Å². The van der Waals surface area contributed by atoms with Crippen molar-refractivity contribution in [2.75, 3.05) is 18.4 Å². The van der Waals surface area contributed by atoms with Gasteiger partial charge in [-0.15, -0.1) is 0 Å². The standard InChI is InChI=1S/C30H28N2O3/c33-26(14-15-27(34)32-16-6-1-7-17-32)31-25-18-24-28(22-11-5-4-10-21(22)25)23-13-12-19-8-2-3-9-20(19)29(23)30(24)35/h2-5,8-13,18,30,35H,1,6-7,14-17H2,(H,31,33). The van der Waals surface area contributed by atoms with Gasteiger partial charge in [-0.05, 0) is 58.2 Å². The number of aliphatic hydroxyl groups is 1. The lowest BCUT2D eigenvalue weighted by Crippen LogP contribution is -2.35. The maximum absolute atomic E-state index is 12.9. The Balaban J connectivity index is 1.33. The number of rotatable bonds is 4. The van der Waals surface area contributed by atoms with Gasteiger partial charge < -0.3 is 15.3 Å². The number of aliphatic hydroxyl groups excluding tert-OH is 1. The average molecular weight is 465 g/mol. The smallest absolute Gasteiger partial charge is 0.224 e. The Morgan fingerprint density at radius 1 is 0.857 bits per heavy atom. The number of nitrogens with one attached hydrogen (secondary N) is 1. The highest BCUT2D eigenvalue weighted by Gasteiger charge is 2.31. The third kappa shape index (κ3) is 3.76. The molecule has 1 fully saturated rings. The summed E-state index contributed by atoms with van der Waals surface area (Å²) in [5.41, 5.74) is 4.44. The van der Waals surface area contributed by atoms with Crippen molar-refractivity contribution in [3.8, 4) is 11.1 Å². The number of anilines is 1. The SMILES string of the molecule is O=C(CCC(=O)N1CCCCC1)Nc1cc2c(c3ccccc13)-c1ccc3ccccc3c1C2O. The first-order valence-corrected chi connectivity index (χ1v) is 12.4. The molecule has 0 radical (unpaired) electrons. The Morgan fingerprint density at radius 3 is 2.37 bits per heavy atom. The molecule has 6 rings (SSSR count). The van der Waals surface area contributed by atoms with Crippen molar-refractivity contribution in [1.29, 1.82) is 0 Å². The number of piperidine rings is 1. The minimum Gasteiger partial charge on any atom is -0.384 e. The zero-order valence-electron chi connectivity index (χ0n) is 19.6. The molecule has 4 aromatic rings. The molecule has 2 aliphatic rings. The Kier molecular flexibility index (Phi) is 5.50. The molecule has 0 spiro atoms. The van der Waals surface area contributed by atoms with Crippen LogP contribution in [0.2, 0.25) is 0 Å². The number of nitrogens with zero attached hydrogens (tertiary/aromatic N) is 1. The summed E-state index contributed by atoms with van der Waals surface area (Å²) in [4.78, 5) is 27.3. The lowest BCUT2D eigenvalue weighted by molar-refractivity contribution is -0.133. The van der Waals surface area contributed by atoms with Crippen LogP contribution >= 0.6 is 0 Å². The number of carbonyl (C=O) groups excluding carboxylic acids is 2. The monoisotopic (exact) mass is 464 g/mol. The van der Waals surface area contributed by atoms with Gasteiger partial charge in [0.25, 0.3) is 0 Å². The summed E-state index contributed by atoms with van der Waals surface area (Å²) in [6.45, 7) is 1.59. The van der Waals surface area contributed by atoms with E-state index in [1.807, 2.05) is 53.4 Å². The van der Waals surface area contributed by atoms with Gasteiger partial charge >= 0.3 is 0 Å². The van der Waals surface area contributed by atoms with Crippen molar-refractivity contribution in [2.24, 2.45) is 0 Å². The lowest BCUT2D eigenvalue weighted by Gasteiger charge is -2.26. The van der Waals surface area contributed by atoms with Gasteiger partial charge in [0.15, 0.2) is 0 Å². The highest BCUT2D eigenvalue weighted by Crippen LogP contribution is 2.51. The molecule has 0 saturated carbocycles. The maximum atomic E-state index is 12.9. The predicted octanol–water partition coefficient (Wildman–Crippen LogP) is 5.79. The molecular weight excluding hydrogens is 436 g/mol. The number of hydrogen-bond acceptors (Lipinski definition) is 3. The van der Waals surface area contributed by atoms with Crippen LogP contribution < -0.4 is 5.32 Å². The van der Waals surface area contributed by atoms with Crippen LogP contribution in [0.3, 0.4) is 0 Å². The minimum absolute atomic E-state index is 0.0522. The summed E-state index contributed by atoms with van der Waals surface area (Å²) in [5.74, 6) is -0.132. The molecule has 35 heavy (non-hydrogen) atoms. The van der Waals surface area contributed by atoms with E-state index in [9.17, 15) is 14.7 Å². The zero-order valence-corrected chi connectivity index (χ0v) is 19.6. The molecule has 176 valence electrons. The number of fused-ring (bicyclic) bond motifs is 7. The highest BCUT2D eigenvalue weighted by molar-refractivity contribution is 6.12. The second kappa shape index (κ2) is 8.82. The van der Waals surface area contributed by atoms with Gasteiger partial charge in [-0.25, -0.2) is 0 Å². The maximum Gasteiger partial charge on any atom is 0.224 e. The third-order valence-corrected chi connectivity index (χ3v) is 7.43. The molecule has 1 unspecified atom stereocenters. The summed E-state index contributed by atoms with van der Waals surface area (Å²) in [6, 6.07) is 22.2. The largest absolute Gasteiger partial charge is 0.384 e. The number of hydrogen-bond donors (Lipinski definition) is 2. The van der Waals surface area contributed by atoms with Crippen LogP contribution in [0.15, 0.2) is 66.7 Å². The molecule has 5 heteroatoms. The van der Waals surface area contributed by atoms with E-state index in [-0.39, 0.29) is 24.7 Å². The van der Waals surface area contributed by atoms with E-state index in [0.29, 0.717) is 5.69 Å². The normalized spacial score (nSPS) is 16.8. The zero-order chi connectivity index (χ0) is 23.9. The number of likely N-dealkylation sites (tertiary alicyclic amines) is 1. The second-order valence-corrected chi connectivity index (χ2v) is 9.57. The molecule has 1 saturated heterocycles. The number of benzene rings is 4. The molecular formula is C30H28N2O3. The van der Waals surface area contributed by atoms with Gasteiger partial charge in [0.05, 0.1) is 0 Å². The van der Waals surface area contributed by atoms with E-state index in [4.69, 9.17) is 0 Å². The summed E-state index contributed by atoms with van der Waals surface area (Å²) < 4.78 is 0. The summed E-state index contributed by atoms with van der Waals surface area (Å²) in [6.07, 6.45) is 2.84. The number of carbonyl (C=O) groups is 2. The van der Waals surface area contributed by atoms with Crippen molar-refractivity contribution < 1.29 is 14.7 Å². The predicted molar refractivity (Wildman–Crippen MR) is 139 cm³/mol. The van der Waals surface area contributed by atoms with E-state index in [2.05, 4.69) is 23.5 Å². The number of amides is 2. The van der Waals surface area contributed by atoms with Crippen LogP contribution in [0.1, 0.15) is 49.3 Å². The average Bonchev–Trinajstić information content (AvgIpc) is 3.20. The lowest BCUT2D eigenvalue weighted by atomic mass is 9.95. The molecule has 1 aliphatic carbocycles. The minimum atomic E-state index is -0.771. The van der Waals surface area contributed by atoms with Crippen molar-refractivity contribution >= 4 is 39.0 Å². The molecule has 0 aromatic heterocycles. The van der Waals surface area contributed by atoms with Gasteiger partial charge in [0.1, 0.15) is 6.10 Å². The van der Waals surface area contributed by atoms with Crippen LogP contribution in [-0.2, 0) is 9.59 Å². The Morgan fingerprint density at radius 2 is 1.57 bits per heavy atom. The van der Waals surface area contributed by atoms with Crippen molar-refractivity contribution in [3.63, 3.8) is 0 Å². The van der Waals surface area contributed by atoms with Gasteiger partial charge in [0.2, 0.25) is 11.8 Å². The van der Waals surface area contributed by atoms with E-state index in [0.717, 1.165) is 69.7 Å². The second-order valence-electron chi connectivity index (χ2n) is 9.57. The Labute approximate surface area is 204 Å². The van der Waals surface area contributed by atoms with Gasteiger partial charge in [-0.3, -0.25) is 9.59 Å². The third-order valence-electron chi connectivity index (χ3n) is 7.43. The fraction of sp³-hybridized carbons (Fsp3) is 0.267. The van der Waals surface area contributed by atoms with Crippen molar-refractivity contribution in [1.82, 2.24) is 4.90 Å². The quantitative estimate of drug-likeness (QED) is 0.402. The van der Waals surface area contributed by atoms with Gasteiger partial charge in [0, 0.05) is 42.6 Å². The molecule has 1 heterocycles. The van der Waals surface area contributed by atoms with Gasteiger partial charge in [-0.1, -0.05) is 60.7 Å². The van der Waals surface area contributed by atoms with E-state index in [1.54, 1.807) is 0 Å². The molecule has 2 amide bonds. The molecule has 1 aliphatic heterocycles. The van der Waals surface area contributed by atoms with Crippen LogP contribution in [0.25, 0.3) is 32.7 Å². The summed E-state index contributed by atoms with van der Waals surface area (Å²) in [7, 11) is 0. The van der Waals surface area contributed by atoms with Crippen LogP contribution in [0, 0.1) is 0 Å². The molecule has 1 atom stereocenters. The first-order chi connectivity index (χ1) is 17.1. The Bertz CT molecular complexity index is 1470. The Hall–Kier alpha value is -3.70. The first-order valence-electron chi connectivity index (χ1n) is 12.4. The van der Waals surface area contributed by atoms with Crippen molar-refractivity contribution in [3.05, 3.63) is 77.9 Å². The topological polar surface area (TPSA) is 69.6 Å². The highest BCUT2D eigenvalue weighted by atomic mass is 16.3. The van der Waals surface area contributed by atoms with Crippen LogP contribution in [0.4, 0.5) is 5.69 Å². The fourth-order valence-electron chi connectivity index (χ4n) is 5.71. The van der Waals surface area contributed by atoms with Crippen molar-refractivity contribution in [2.45, 2.75) is 38.2 Å². The summed E-state index contributed by atoms with van der Waals surface area (Å²) >= 11 is 0. The fourth-order valence-corrected chi connectivity index (χ4v) is 5.71. The van der Waals surface area contributed by atoms with E-state index < -0.39 is 6.10 Å². The van der Waals surface area contributed by atoms with E-state index in [1.165, 1.54) is 6.42 Å². The molecule has 2 N–H and O–H groups in total. The van der Waals surface area contributed by atoms with Crippen LogP contribution in [-0.4, -0.2) is 34.9 Å². The van der Waals surface area contributed by atoms with E-state index >= 15 is 0 Å². The molecule has 0 bridgehead atoms. The first kappa shape index (κ1) is 21.8. The molecule has 5 nitrogen and oxygen atoms in total. The summed E-state index contributed by atoms with van der Waals surface area (Å²) in [5, 5.41) is 18.5.